The highest BCUT2D eigenvalue weighted by Gasteiger charge is 2.09. The van der Waals surface area contributed by atoms with Crippen LogP contribution in [0.25, 0.3) is 0 Å². The Labute approximate surface area is 105 Å². The minimum absolute atomic E-state index is 0.0457. The lowest BCUT2D eigenvalue weighted by molar-refractivity contribution is 0.103. The number of benzene rings is 2. The van der Waals surface area contributed by atoms with Gasteiger partial charge in [0.1, 0.15) is 0 Å². The molecule has 2 N–H and O–H groups in total. The summed E-state index contributed by atoms with van der Waals surface area (Å²) in [6, 6.07) is 12.2. The SMILES string of the molecule is Cc1cc(Cl)cc(C(=O)c2ccc(N)cc2)c1. The largest absolute Gasteiger partial charge is 0.399 e. The average Bonchev–Trinajstić information content (AvgIpc) is 2.28. The summed E-state index contributed by atoms with van der Waals surface area (Å²) in [5, 5.41) is 0.573. The molecular formula is C14H12ClNO. The number of hydrogen-bond acceptors (Lipinski definition) is 2. The molecular weight excluding hydrogens is 234 g/mol. The Kier molecular flexibility index (Phi) is 3.16. The molecule has 0 bridgehead atoms. The van der Waals surface area contributed by atoms with Gasteiger partial charge in [0.15, 0.2) is 5.78 Å². The molecule has 2 rings (SSSR count). The van der Waals surface area contributed by atoms with Gasteiger partial charge in [0.2, 0.25) is 0 Å². The van der Waals surface area contributed by atoms with Gasteiger partial charge in [-0.1, -0.05) is 11.6 Å². The van der Waals surface area contributed by atoms with Gasteiger partial charge in [0, 0.05) is 21.8 Å². The molecule has 0 aliphatic heterocycles. The molecule has 2 nitrogen and oxygen atoms in total. The second kappa shape index (κ2) is 4.60. The zero-order valence-corrected chi connectivity index (χ0v) is 10.2. The van der Waals surface area contributed by atoms with E-state index in [-0.39, 0.29) is 5.78 Å². The van der Waals surface area contributed by atoms with E-state index in [9.17, 15) is 4.79 Å². The van der Waals surface area contributed by atoms with E-state index in [0.717, 1.165) is 5.56 Å². The van der Waals surface area contributed by atoms with Crippen molar-refractivity contribution >= 4 is 23.1 Å². The summed E-state index contributed by atoms with van der Waals surface area (Å²) in [5.74, 6) is -0.0457. The number of carbonyl (C=O) groups excluding carboxylic acids is 1. The number of nitrogens with two attached hydrogens (primary N) is 1. The number of aryl methyl sites for hydroxylation is 1. The number of anilines is 1. The summed E-state index contributed by atoms with van der Waals surface area (Å²) in [5.41, 5.74) is 8.40. The van der Waals surface area contributed by atoms with Crippen LogP contribution in [0, 0.1) is 6.92 Å². The molecule has 2 aromatic carbocycles. The Hall–Kier alpha value is -1.80. The Morgan fingerprint density at radius 2 is 1.71 bits per heavy atom. The summed E-state index contributed by atoms with van der Waals surface area (Å²) in [4.78, 5) is 12.2. The highest BCUT2D eigenvalue weighted by Crippen LogP contribution is 2.18. The molecule has 0 unspecified atom stereocenters. The molecule has 0 radical (unpaired) electrons. The number of hydrogen-bond donors (Lipinski definition) is 1. The first-order chi connectivity index (χ1) is 8.06. The number of nitrogen functional groups attached to an aromatic ring is 1. The number of rotatable bonds is 2. The molecule has 0 fully saturated rings. The van der Waals surface area contributed by atoms with Gasteiger partial charge < -0.3 is 5.73 Å². The third-order valence-corrected chi connectivity index (χ3v) is 2.70. The van der Waals surface area contributed by atoms with Crippen LogP contribution >= 0.6 is 11.6 Å². The van der Waals surface area contributed by atoms with Crippen LogP contribution in [-0.4, -0.2) is 5.78 Å². The zero-order chi connectivity index (χ0) is 12.4. The van der Waals surface area contributed by atoms with Crippen LogP contribution in [0.2, 0.25) is 5.02 Å². The molecule has 0 saturated heterocycles. The topological polar surface area (TPSA) is 43.1 Å². The van der Waals surface area contributed by atoms with Crippen LogP contribution in [0.5, 0.6) is 0 Å². The zero-order valence-electron chi connectivity index (χ0n) is 9.41. The van der Waals surface area contributed by atoms with Gasteiger partial charge in [-0.3, -0.25) is 4.79 Å². The molecule has 17 heavy (non-hydrogen) atoms. The maximum absolute atomic E-state index is 12.2. The molecule has 0 aromatic heterocycles. The fourth-order valence-corrected chi connectivity index (χ4v) is 1.96. The summed E-state index contributed by atoms with van der Waals surface area (Å²) < 4.78 is 0. The summed E-state index contributed by atoms with van der Waals surface area (Å²) in [6.07, 6.45) is 0. The van der Waals surface area contributed by atoms with E-state index in [0.29, 0.717) is 21.8 Å². The van der Waals surface area contributed by atoms with E-state index in [1.54, 1.807) is 30.3 Å². The second-order valence-electron chi connectivity index (χ2n) is 3.97. The maximum Gasteiger partial charge on any atom is 0.193 e. The van der Waals surface area contributed by atoms with Crippen LogP contribution in [0.4, 0.5) is 5.69 Å². The third-order valence-electron chi connectivity index (χ3n) is 2.48. The van der Waals surface area contributed by atoms with Gasteiger partial charge in [-0.15, -0.1) is 0 Å². The lowest BCUT2D eigenvalue weighted by Gasteiger charge is -2.04. The minimum atomic E-state index is -0.0457. The summed E-state index contributed by atoms with van der Waals surface area (Å²) in [6.45, 7) is 1.91. The van der Waals surface area contributed by atoms with E-state index >= 15 is 0 Å². The monoisotopic (exact) mass is 245 g/mol. The van der Waals surface area contributed by atoms with Crippen molar-refractivity contribution in [1.82, 2.24) is 0 Å². The lowest BCUT2D eigenvalue weighted by Crippen LogP contribution is -2.01. The van der Waals surface area contributed by atoms with Gasteiger partial charge in [0.25, 0.3) is 0 Å². The molecule has 0 aliphatic rings. The average molecular weight is 246 g/mol. The molecule has 0 aliphatic carbocycles. The molecule has 2 aromatic rings. The van der Waals surface area contributed by atoms with Crippen molar-refractivity contribution < 1.29 is 4.79 Å². The molecule has 0 atom stereocenters. The third kappa shape index (κ3) is 2.66. The predicted molar refractivity (Wildman–Crippen MR) is 70.5 cm³/mol. The minimum Gasteiger partial charge on any atom is -0.399 e. The van der Waals surface area contributed by atoms with E-state index in [1.165, 1.54) is 0 Å². The number of ketones is 1. The standard InChI is InChI=1S/C14H12ClNO/c1-9-6-11(8-12(15)7-9)14(17)10-2-4-13(16)5-3-10/h2-8H,16H2,1H3. The van der Waals surface area contributed by atoms with Gasteiger partial charge in [-0.2, -0.15) is 0 Å². The smallest absolute Gasteiger partial charge is 0.193 e. The van der Waals surface area contributed by atoms with Crippen molar-refractivity contribution in [2.75, 3.05) is 5.73 Å². The van der Waals surface area contributed by atoms with Crippen LogP contribution in [0.1, 0.15) is 21.5 Å². The predicted octanol–water partition coefficient (Wildman–Crippen LogP) is 3.46. The summed E-state index contributed by atoms with van der Waals surface area (Å²) >= 11 is 5.93. The quantitative estimate of drug-likeness (QED) is 0.650. The van der Waals surface area contributed by atoms with E-state index in [2.05, 4.69) is 0 Å². The number of carbonyl (C=O) groups is 1. The van der Waals surface area contributed by atoms with Crippen molar-refractivity contribution in [3.63, 3.8) is 0 Å². The first-order valence-corrected chi connectivity index (χ1v) is 5.61. The molecule has 86 valence electrons. The first kappa shape index (κ1) is 11.7. The second-order valence-corrected chi connectivity index (χ2v) is 4.40. The Morgan fingerprint density at radius 1 is 1.06 bits per heavy atom. The number of halogens is 1. The van der Waals surface area contributed by atoms with Crippen LogP contribution < -0.4 is 5.73 Å². The van der Waals surface area contributed by atoms with Crippen molar-refractivity contribution in [3.05, 3.63) is 64.2 Å². The maximum atomic E-state index is 12.2. The van der Waals surface area contributed by atoms with Crippen LogP contribution in [-0.2, 0) is 0 Å². The Balaban J connectivity index is 2.40. The van der Waals surface area contributed by atoms with Crippen LogP contribution in [0.15, 0.2) is 42.5 Å². The van der Waals surface area contributed by atoms with E-state index in [1.807, 2.05) is 19.1 Å². The molecule has 0 heterocycles. The van der Waals surface area contributed by atoms with Crippen molar-refractivity contribution in [2.45, 2.75) is 6.92 Å². The highest BCUT2D eigenvalue weighted by atomic mass is 35.5. The fourth-order valence-electron chi connectivity index (χ4n) is 1.67. The van der Waals surface area contributed by atoms with Crippen LogP contribution in [0.3, 0.4) is 0 Å². The summed E-state index contributed by atoms with van der Waals surface area (Å²) in [7, 11) is 0. The van der Waals surface area contributed by atoms with Gasteiger partial charge in [-0.05, 0) is 55.0 Å². The highest BCUT2D eigenvalue weighted by molar-refractivity contribution is 6.31. The Bertz CT molecular complexity index is 541. The van der Waals surface area contributed by atoms with Gasteiger partial charge >= 0.3 is 0 Å². The molecule has 0 saturated carbocycles. The normalized spacial score (nSPS) is 10.2. The molecule has 3 heteroatoms. The van der Waals surface area contributed by atoms with Gasteiger partial charge in [-0.25, -0.2) is 0 Å². The van der Waals surface area contributed by atoms with Crippen molar-refractivity contribution in [1.29, 1.82) is 0 Å². The van der Waals surface area contributed by atoms with E-state index < -0.39 is 0 Å². The van der Waals surface area contributed by atoms with Gasteiger partial charge in [0.05, 0.1) is 0 Å². The molecule has 0 spiro atoms. The van der Waals surface area contributed by atoms with Crippen molar-refractivity contribution in [3.8, 4) is 0 Å². The fraction of sp³-hybridized carbons (Fsp3) is 0.0714. The Morgan fingerprint density at radius 3 is 2.29 bits per heavy atom. The molecule has 0 amide bonds. The lowest BCUT2D eigenvalue weighted by atomic mass is 10.0. The van der Waals surface area contributed by atoms with E-state index in [4.69, 9.17) is 17.3 Å². The van der Waals surface area contributed by atoms with Crippen molar-refractivity contribution in [2.24, 2.45) is 0 Å². The first-order valence-electron chi connectivity index (χ1n) is 5.24.